The van der Waals surface area contributed by atoms with Gasteiger partial charge in [-0.25, -0.2) is 0 Å². The lowest BCUT2D eigenvalue weighted by atomic mass is 9.98. The van der Waals surface area contributed by atoms with Crippen molar-refractivity contribution in [2.75, 3.05) is 0 Å². The van der Waals surface area contributed by atoms with Crippen LogP contribution in [0.15, 0.2) is 0 Å². The molecular formula is C13H23N3O2. The Balaban J connectivity index is 3.16. The molecule has 0 bridgehead atoms. The molecule has 1 N–H and O–H groups in total. The first-order chi connectivity index (χ1) is 8.15. The van der Waals surface area contributed by atoms with Crippen LogP contribution in [0.2, 0.25) is 0 Å². The zero-order valence-corrected chi connectivity index (χ0v) is 12.1. The zero-order valence-electron chi connectivity index (χ0n) is 12.1. The van der Waals surface area contributed by atoms with Gasteiger partial charge >= 0.3 is 0 Å². The van der Waals surface area contributed by atoms with Gasteiger partial charge in [0.25, 0.3) is 0 Å². The van der Waals surface area contributed by atoms with Crippen molar-refractivity contribution >= 4 is 5.91 Å². The van der Waals surface area contributed by atoms with Gasteiger partial charge in [0.2, 0.25) is 5.91 Å². The molecule has 1 aliphatic heterocycles. The molecule has 1 amide bonds. The highest BCUT2D eigenvalue weighted by atomic mass is 16.7. The Morgan fingerprint density at radius 3 is 2.33 bits per heavy atom. The van der Waals surface area contributed by atoms with E-state index in [4.69, 9.17) is 10.1 Å². The Bertz CT molecular complexity index is 388. The van der Waals surface area contributed by atoms with Gasteiger partial charge in [0, 0.05) is 0 Å². The zero-order chi connectivity index (χ0) is 14.2. The van der Waals surface area contributed by atoms with E-state index in [1.54, 1.807) is 18.9 Å². The second-order valence-corrected chi connectivity index (χ2v) is 5.72. The summed E-state index contributed by atoms with van der Waals surface area (Å²) in [7, 11) is 0. The van der Waals surface area contributed by atoms with Crippen LogP contribution in [0.3, 0.4) is 0 Å². The van der Waals surface area contributed by atoms with Gasteiger partial charge in [-0.3, -0.25) is 9.63 Å². The molecule has 0 aromatic rings. The summed E-state index contributed by atoms with van der Waals surface area (Å²) in [4.78, 5) is 18.0. The number of nitrogens with zero attached hydrogens (tertiary/aromatic N) is 2. The third kappa shape index (κ3) is 2.23. The van der Waals surface area contributed by atoms with Crippen LogP contribution in [-0.2, 0) is 9.63 Å². The van der Waals surface area contributed by atoms with Gasteiger partial charge in [-0.2, -0.15) is 5.26 Å². The minimum atomic E-state index is -0.959. The highest BCUT2D eigenvalue weighted by Crippen LogP contribution is 2.37. The molecule has 1 fully saturated rings. The van der Waals surface area contributed by atoms with Gasteiger partial charge in [0.15, 0.2) is 5.60 Å². The molecule has 0 saturated carbocycles. The van der Waals surface area contributed by atoms with E-state index < -0.39 is 16.8 Å². The van der Waals surface area contributed by atoms with Crippen LogP contribution in [0.1, 0.15) is 54.4 Å². The van der Waals surface area contributed by atoms with Crippen molar-refractivity contribution in [3.8, 4) is 6.07 Å². The summed E-state index contributed by atoms with van der Waals surface area (Å²) < 4.78 is 0. The number of hydrogen-bond acceptors (Lipinski definition) is 4. The Labute approximate surface area is 109 Å². The predicted octanol–water partition coefficient (Wildman–Crippen LogP) is 1.95. The van der Waals surface area contributed by atoms with Crippen molar-refractivity contribution < 1.29 is 9.63 Å². The average Bonchev–Trinajstić information content (AvgIpc) is 2.51. The maximum absolute atomic E-state index is 12.2. The molecular weight excluding hydrogens is 230 g/mol. The molecule has 0 spiro atoms. The Morgan fingerprint density at radius 1 is 1.39 bits per heavy atom. The molecule has 2 atom stereocenters. The van der Waals surface area contributed by atoms with Gasteiger partial charge in [0.1, 0.15) is 11.2 Å². The second kappa shape index (κ2) is 4.52. The molecule has 1 rings (SSSR count). The van der Waals surface area contributed by atoms with Crippen LogP contribution in [0.4, 0.5) is 0 Å². The number of carbonyl (C=O) groups excluding carboxylic acids is 1. The van der Waals surface area contributed by atoms with Crippen molar-refractivity contribution in [2.24, 2.45) is 0 Å². The Kier molecular flexibility index (Phi) is 3.75. The number of nitrogens with one attached hydrogen (secondary N) is 1. The van der Waals surface area contributed by atoms with E-state index >= 15 is 0 Å². The van der Waals surface area contributed by atoms with E-state index in [1.807, 2.05) is 27.7 Å². The second-order valence-electron chi connectivity index (χ2n) is 5.72. The van der Waals surface area contributed by atoms with Gasteiger partial charge in [-0.15, -0.1) is 5.06 Å². The number of hydrogen-bond donors (Lipinski definition) is 1. The quantitative estimate of drug-likeness (QED) is 0.831. The van der Waals surface area contributed by atoms with Crippen molar-refractivity contribution in [1.82, 2.24) is 10.4 Å². The lowest BCUT2D eigenvalue weighted by Crippen LogP contribution is -2.56. The van der Waals surface area contributed by atoms with E-state index in [2.05, 4.69) is 11.4 Å². The summed E-state index contributed by atoms with van der Waals surface area (Å²) in [6, 6.07) is 2.10. The minimum absolute atomic E-state index is 0.0527. The molecule has 5 nitrogen and oxygen atoms in total. The fraction of sp³-hybridized carbons (Fsp3) is 0.846. The monoisotopic (exact) mass is 253 g/mol. The third-order valence-electron chi connectivity index (χ3n) is 3.73. The summed E-state index contributed by atoms with van der Waals surface area (Å²) >= 11 is 0. The van der Waals surface area contributed by atoms with E-state index in [0.29, 0.717) is 12.8 Å². The van der Waals surface area contributed by atoms with Gasteiger partial charge in [-0.1, -0.05) is 13.8 Å². The molecule has 1 aliphatic rings. The van der Waals surface area contributed by atoms with Crippen LogP contribution >= 0.6 is 0 Å². The lowest BCUT2D eigenvalue weighted by molar-refractivity contribution is -0.289. The van der Waals surface area contributed by atoms with Crippen molar-refractivity contribution in [3.05, 3.63) is 0 Å². The first-order valence-corrected chi connectivity index (χ1v) is 6.38. The minimum Gasteiger partial charge on any atom is -0.334 e. The Morgan fingerprint density at radius 2 is 1.94 bits per heavy atom. The van der Waals surface area contributed by atoms with E-state index in [-0.39, 0.29) is 5.91 Å². The van der Waals surface area contributed by atoms with Crippen LogP contribution < -0.4 is 5.32 Å². The van der Waals surface area contributed by atoms with Crippen LogP contribution in [0.25, 0.3) is 0 Å². The highest BCUT2D eigenvalue weighted by Gasteiger charge is 2.56. The fourth-order valence-electron chi connectivity index (χ4n) is 2.05. The van der Waals surface area contributed by atoms with Gasteiger partial charge in [-0.05, 0) is 40.5 Å². The Hall–Kier alpha value is -1.12. The highest BCUT2D eigenvalue weighted by molar-refractivity contribution is 5.88. The van der Waals surface area contributed by atoms with Crippen molar-refractivity contribution in [2.45, 2.75) is 71.2 Å². The first kappa shape index (κ1) is 14.9. The number of nitriles is 1. The number of hydroxylamine groups is 2. The predicted molar refractivity (Wildman–Crippen MR) is 68.2 cm³/mol. The summed E-state index contributed by atoms with van der Waals surface area (Å²) in [5.41, 5.74) is -2.27. The summed E-state index contributed by atoms with van der Waals surface area (Å²) in [6.45, 7) is 11.1. The normalized spacial score (nSPS) is 33.3. The third-order valence-corrected chi connectivity index (χ3v) is 3.73. The van der Waals surface area contributed by atoms with Crippen LogP contribution in [-0.4, -0.2) is 27.8 Å². The van der Waals surface area contributed by atoms with Crippen LogP contribution in [0, 0.1) is 11.3 Å². The fourth-order valence-corrected chi connectivity index (χ4v) is 2.05. The number of carbonyl (C=O) groups is 1. The lowest BCUT2D eigenvalue weighted by Gasteiger charge is -2.41. The van der Waals surface area contributed by atoms with Crippen molar-refractivity contribution in [3.63, 3.8) is 0 Å². The molecule has 0 aromatic carbocycles. The molecule has 1 heterocycles. The number of rotatable bonds is 4. The maximum Gasteiger partial charge on any atom is 0.244 e. The SMILES string of the molecule is CCC1(C)NC(=O)C(C)(CC)N1OC(C)(C)C#N. The average molecular weight is 253 g/mol. The summed E-state index contributed by atoms with van der Waals surface area (Å²) in [5.74, 6) is -0.0527. The standard InChI is InChI=1S/C13H23N3O2/c1-7-12(5)10(17)15-13(6,8-2)16(12)18-11(3,4)9-14/h7-8H2,1-6H3,(H,15,17). The summed E-state index contributed by atoms with van der Waals surface area (Å²) in [6.07, 6.45) is 1.33. The molecule has 18 heavy (non-hydrogen) atoms. The topological polar surface area (TPSA) is 65.4 Å². The molecule has 5 heteroatoms. The molecule has 0 aromatic heterocycles. The largest absolute Gasteiger partial charge is 0.334 e. The molecule has 0 aliphatic carbocycles. The molecule has 0 radical (unpaired) electrons. The van der Waals surface area contributed by atoms with E-state index in [9.17, 15) is 4.79 Å². The van der Waals surface area contributed by atoms with E-state index in [1.165, 1.54) is 0 Å². The van der Waals surface area contributed by atoms with Gasteiger partial charge < -0.3 is 5.32 Å². The smallest absolute Gasteiger partial charge is 0.244 e. The molecule has 1 saturated heterocycles. The van der Waals surface area contributed by atoms with Crippen LogP contribution in [0.5, 0.6) is 0 Å². The van der Waals surface area contributed by atoms with E-state index in [0.717, 1.165) is 0 Å². The van der Waals surface area contributed by atoms with Crippen molar-refractivity contribution in [1.29, 1.82) is 5.26 Å². The number of amides is 1. The molecule has 102 valence electrons. The maximum atomic E-state index is 12.2. The molecule has 2 unspecified atom stereocenters. The van der Waals surface area contributed by atoms with Gasteiger partial charge in [0.05, 0.1) is 6.07 Å². The first-order valence-electron chi connectivity index (χ1n) is 6.38. The summed E-state index contributed by atoms with van der Waals surface area (Å²) in [5, 5.41) is 13.7.